The fraction of sp³-hybridized carbons (Fsp3) is 0.300. The molecule has 0 saturated carbocycles. The van der Waals surface area contributed by atoms with Gasteiger partial charge in [0, 0.05) is 55.6 Å². The Morgan fingerprint density at radius 3 is 0.758 bits per heavy atom. The van der Waals surface area contributed by atoms with Gasteiger partial charge >= 0.3 is 0 Å². The number of hydrogen-bond donors (Lipinski definition) is 0. The monoisotopic (exact) mass is 838 g/mol. The molecule has 0 radical (unpaired) electrons. The smallest absolute Gasteiger partial charge is 0.125 e. The molecule has 5 aromatic carbocycles. The second-order valence-electron chi connectivity index (χ2n) is 18.1. The van der Waals surface area contributed by atoms with E-state index in [1.54, 1.807) is 0 Å². The molecule has 0 heterocycles. The van der Waals surface area contributed by atoms with E-state index < -0.39 is 16.1 Å². The standard InChI is InChI=1S/C60H62Si2/c1-45(2)61(46(3)4,47(5)6)42-40-53-28-24-51(25-29-53)32-36-57-20-13-15-22-59(57)38-34-55-18-17-19-56(44-55)35-39-60-23-16-14-21-58(60)37-33-52-26-30-54(31-27-52)41-43-62(48(7)8,49(9)10)50(11)12/h13-31,44-50H,1-12H3. The predicted molar refractivity (Wildman–Crippen MR) is 272 cm³/mol. The molecule has 0 aromatic heterocycles. The van der Waals surface area contributed by atoms with Gasteiger partial charge in [0.15, 0.2) is 0 Å². The molecule has 62 heavy (non-hydrogen) atoms. The molecule has 0 unspecified atom stereocenters. The number of hydrogen-bond acceptors (Lipinski definition) is 0. The molecule has 0 fully saturated rings. The van der Waals surface area contributed by atoms with Crippen molar-refractivity contribution in [2.45, 2.75) is 116 Å². The summed E-state index contributed by atoms with van der Waals surface area (Å²) in [5.41, 5.74) is 20.6. The van der Waals surface area contributed by atoms with Crippen molar-refractivity contribution in [1.82, 2.24) is 0 Å². The zero-order chi connectivity index (χ0) is 44.9. The zero-order valence-corrected chi connectivity index (χ0v) is 41.0. The summed E-state index contributed by atoms with van der Waals surface area (Å²) in [6, 6.07) is 40.8. The van der Waals surface area contributed by atoms with Gasteiger partial charge < -0.3 is 0 Å². The first-order valence-electron chi connectivity index (χ1n) is 22.3. The average Bonchev–Trinajstić information content (AvgIpc) is 3.24. The topological polar surface area (TPSA) is 0 Å². The molecule has 0 atom stereocenters. The van der Waals surface area contributed by atoms with E-state index in [2.05, 4.69) is 202 Å². The molecular formula is C60H62Si2. The lowest BCUT2D eigenvalue weighted by atomic mass is 10.1. The van der Waals surface area contributed by atoms with E-state index in [9.17, 15) is 0 Å². The second kappa shape index (κ2) is 21.6. The summed E-state index contributed by atoms with van der Waals surface area (Å²) < 4.78 is 0. The lowest BCUT2D eigenvalue weighted by molar-refractivity contribution is 0.838. The molecule has 5 rings (SSSR count). The molecule has 0 aliphatic rings. The first-order chi connectivity index (χ1) is 29.6. The van der Waals surface area contributed by atoms with Crippen LogP contribution in [0.15, 0.2) is 121 Å². The van der Waals surface area contributed by atoms with Crippen LogP contribution in [-0.4, -0.2) is 16.1 Å². The van der Waals surface area contributed by atoms with Crippen LogP contribution < -0.4 is 0 Å². The molecule has 0 nitrogen and oxygen atoms in total. The number of benzene rings is 5. The highest BCUT2D eigenvalue weighted by Crippen LogP contribution is 2.42. The third-order valence-corrected chi connectivity index (χ3v) is 25.0. The van der Waals surface area contributed by atoms with Crippen LogP contribution in [0.3, 0.4) is 0 Å². The average molecular weight is 839 g/mol. The van der Waals surface area contributed by atoms with Crippen molar-refractivity contribution in [3.8, 4) is 70.3 Å². The summed E-state index contributed by atoms with van der Waals surface area (Å²) in [5.74, 6) is 34.0. The van der Waals surface area contributed by atoms with Gasteiger partial charge in [0.1, 0.15) is 16.1 Å². The minimum Gasteiger partial charge on any atom is -0.125 e. The van der Waals surface area contributed by atoms with Crippen LogP contribution in [0.5, 0.6) is 0 Å². The summed E-state index contributed by atoms with van der Waals surface area (Å²) in [7, 11) is -3.57. The second-order valence-corrected chi connectivity index (χ2v) is 29.3. The van der Waals surface area contributed by atoms with Crippen molar-refractivity contribution < 1.29 is 0 Å². The maximum atomic E-state index is 3.83. The van der Waals surface area contributed by atoms with Crippen molar-refractivity contribution in [3.05, 3.63) is 177 Å². The summed E-state index contributed by atoms with van der Waals surface area (Å²) in [6.45, 7) is 28.2. The molecule has 0 spiro atoms. The Hall–Kier alpha value is -6.11. The molecule has 5 aromatic rings. The van der Waals surface area contributed by atoms with Crippen LogP contribution in [0.25, 0.3) is 0 Å². The summed E-state index contributed by atoms with van der Waals surface area (Å²) in [4.78, 5) is 0. The Balaban J connectivity index is 1.30. The minimum atomic E-state index is -1.79. The highest BCUT2D eigenvalue weighted by Gasteiger charge is 2.42. The van der Waals surface area contributed by atoms with Crippen LogP contribution >= 0.6 is 0 Å². The third kappa shape index (κ3) is 11.6. The fourth-order valence-electron chi connectivity index (χ4n) is 9.14. The Morgan fingerprint density at radius 1 is 0.258 bits per heavy atom. The van der Waals surface area contributed by atoms with Gasteiger partial charge in [0.2, 0.25) is 0 Å². The Kier molecular flexibility index (Phi) is 16.4. The van der Waals surface area contributed by atoms with Crippen molar-refractivity contribution in [1.29, 1.82) is 0 Å². The van der Waals surface area contributed by atoms with Gasteiger partial charge in [-0.25, -0.2) is 0 Å². The minimum absolute atomic E-state index is 0.606. The molecule has 0 saturated heterocycles. The third-order valence-electron chi connectivity index (χ3n) is 12.4. The molecule has 0 bridgehead atoms. The van der Waals surface area contributed by atoms with E-state index >= 15 is 0 Å². The van der Waals surface area contributed by atoms with Crippen LogP contribution in [0.4, 0.5) is 0 Å². The largest absolute Gasteiger partial charge is 0.146 e. The van der Waals surface area contributed by atoms with Gasteiger partial charge in [-0.15, -0.1) is 11.1 Å². The van der Waals surface area contributed by atoms with E-state index in [0.29, 0.717) is 33.2 Å². The van der Waals surface area contributed by atoms with Crippen LogP contribution in [0.1, 0.15) is 139 Å². The first kappa shape index (κ1) is 47.0. The van der Waals surface area contributed by atoms with Crippen molar-refractivity contribution >= 4 is 16.1 Å². The molecule has 2 heteroatoms. The molecule has 0 aliphatic carbocycles. The van der Waals surface area contributed by atoms with E-state index in [0.717, 1.165) is 55.6 Å². The Bertz CT molecular complexity index is 2490. The van der Waals surface area contributed by atoms with E-state index in [4.69, 9.17) is 0 Å². The predicted octanol–water partition coefficient (Wildman–Crippen LogP) is 14.4. The van der Waals surface area contributed by atoms with Gasteiger partial charge in [-0.1, -0.05) is 173 Å². The van der Waals surface area contributed by atoms with E-state index in [-0.39, 0.29) is 0 Å². The van der Waals surface area contributed by atoms with Gasteiger partial charge in [0.05, 0.1) is 0 Å². The molecular weight excluding hydrogens is 777 g/mol. The van der Waals surface area contributed by atoms with Gasteiger partial charge in [0.25, 0.3) is 0 Å². The Morgan fingerprint density at radius 2 is 0.500 bits per heavy atom. The molecule has 0 amide bonds. The van der Waals surface area contributed by atoms with Gasteiger partial charge in [-0.2, -0.15) is 0 Å². The summed E-state index contributed by atoms with van der Waals surface area (Å²) in [5, 5.41) is 0. The number of rotatable bonds is 6. The summed E-state index contributed by atoms with van der Waals surface area (Å²) >= 11 is 0. The van der Waals surface area contributed by atoms with Crippen molar-refractivity contribution in [2.24, 2.45) is 0 Å². The lowest BCUT2D eigenvalue weighted by Gasteiger charge is -2.38. The lowest BCUT2D eigenvalue weighted by Crippen LogP contribution is -2.43. The quantitative estimate of drug-likeness (QED) is 0.118. The molecule has 0 aliphatic heterocycles. The van der Waals surface area contributed by atoms with Crippen LogP contribution in [-0.2, 0) is 0 Å². The van der Waals surface area contributed by atoms with E-state index in [1.165, 1.54) is 0 Å². The highest BCUT2D eigenvalue weighted by molar-refractivity contribution is 6.91. The first-order valence-corrected chi connectivity index (χ1v) is 26.7. The molecule has 0 N–H and O–H groups in total. The van der Waals surface area contributed by atoms with Crippen LogP contribution in [0, 0.1) is 70.3 Å². The van der Waals surface area contributed by atoms with Crippen molar-refractivity contribution in [3.63, 3.8) is 0 Å². The summed E-state index contributed by atoms with van der Waals surface area (Å²) in [6.07, 6.45) is 0. The fourth-order valence-corrected chi connectivity index (χ4v) is 19.6. The Labute approximate surface area is 377 Å². The van der Waals surface area contributed by atoms with Gasteiger partial charge in [-0.3, -0.25) is 0 Å². The zero-order valence-electron chi connectivity index (χ0n) is 39.0. The molecule has 310 valence electrons. The van der Waals surface area contributed by atoms with Crippen LogP contribution in [0.2, 0.25) is 33.2 Å². The van der Waals surface area contributed by atoms with Crippen molar-refractivity contribution in [2.75, 3.05) is 0 Å². The highest BCUT2D eigenvalue weighted by atomic mass is 28.3. The SMILES string of the molecule is CC(C)[Si](C#Cc1ccc(C#Cc2ccccc2C#Cc2cccc(C#Cc3ccccc3C#Cc3ccc(C#C[Si](C(C)C)(C(C)C)C(C)C)cc3)c2)cc1)(C(C)C)C(C)C. The van der Waals surface area contributed by atoms with E-state index in [1.807, 2.05) is 72.8 Å². The maximum absolute atomic E-state index is 3.83. The normalized spacial score (nSPS) is 11.0. The van der Waals surface area contributed by atoms with Gasteiger partial charge in [-0.05, 0) is 124 Å². The maximum Gasteiger partial charge on any atom is 0.146 e.